The van der Waals surface area contributed by atoms with Gasteiger partial charge in [-0.25, -0.2) is 4.79 Å². The largest absolute Gasteiger partial charge is 0.465 e. The average Bonchev–Trinajstić information content (AvgIpc) is 2.97. The molecule has 148 valence electrons. The first kappa shape index (κ1) is 20.0. The molecule has 0 aliphatic carbocycles. The fourth-order valence-electron chi connectivity index (χ4n) is 3.23. The average molecular weight is 392 g/mol. The van der Waals surface area contributed by atoms with Crippen molar-refractivity contribution in [3.63, 3.8) is 0 Å². The molecule has 0 saturated heterocycles. The highest BCUT2D eigenvalue weighted by molar-refractivity contribution is 6.23. The van der Waals surface area contributed by atoms with Gasteiger partial charge in [-0.05, 0) is 42.7 Å². The normalized spacial score (nSPS) is 15.2. The summed E-state index contributed by atoms with van der Waals surface area (Å²) in [7, 11) is 1.26. The number of amides is 1. The first-order valence-corrected chi connectivity index (χ1v) is 9.06. The van der Waals surface area contributed by atoms with Crippen LogP contribution in [-0.4, -0.2) is 23.9 Å². The maximum Gasteiger partial charge on any atom is 0.340 e. The molecule has 0 saturated carbocycles. The Bertz CT molecular complexity index is 1030. The van der Waals surface area contributed by atoms with Gasteiger partial charge in [0.1, 0.15) is 0 Å². The summed E-state index contributed by atoms with van der Waals surface area (Å²) in [5.41, 5.74) is 3.10. The first-order valence-electron chi connectivity index (χ1n) is 9.06. The van der Waals surface area contributed by atoms with Crippen LogP contribution in [0.15, 0.2) is 65.4 Å². The van der Waals surface area contributed by atoms with Crippen LogP contribution in [0.2, 0.25) is 0 Å². The van der Waals surface area contributed by atoms with Crippen molar-refractivity contribution in [1.29, 1.82) is 0 Å². The molecule has 0 aromatic heterocycles. The number of nitro groups is 1. The molecular formula is C22H20N2O5. The number of non-ortho nitro benzene ring substituents is 1. The maximum atomic E-state index is 13.2. The van der Waals surface area contributed by atoms with Gasteiger partial charge in [-0.15, -0.1) is 0 Å². The van der Waals surface area contributed by atoms with E-state index in [0.717, 1.165) is 17.5 Å². The summed E-state index contributed by atoms with van der Waals surface area (Å²) in [5, 5.41) is 10.9. The Kier molecular flexibility index (Phi) is 5.59. The quantitative estimate of drug-likeness (QED) is 0.332. The second-order valence-corrected chi connectivity index (χ2v) is 6.52. The topological polar surface area (TPSA) is 89.8 Å². The molecule has 7 nitrogen and oxygen atoms in total. The van der Waals surface area contributed by atoms with E-state index in [1.807, 2.05) is 24.3 Å². The Labute approximate surface area is 168 Å². The number of methoxy groups -OCH3 is 1. The number of nitro benzene ring substituents is 1. The van der Waals surface area contributed by atoms with Crippen LogP contribution in [0.1, 0.15) is 25.0 Å². The Morgan fingerprint density at radius 3 is 2.28 bits per heavy atom. The van der Waals surface area contributed by atoms with Crippen molar-refractivity contribution in [3.8, 4) is 0 Å². The lowest BCUT2D eigenvalue weighted by molar-refractivity contribution is -0.384. The van der Waals surface area contributed by atoms with Crippen molar-refractivity contribution in [3.05, 3.63) is 86.6 Å². The van der Waals surface area contributed by atoms with Gasteiger partial charge in [0.25, 0.3) is 11.6 Å². The van der Waals surface area contributed by atoms with Gasteiger partial charge in [0, 0.05) is 23.5 Å². The van der Waals surface area contributed by atoms with E-state index in [4.69, 9.17) is 4.74 Å². The fourth-order valence-corrected chi connectivity index (χ4v) is 3.23. The number of benzene rings is 2. The van der Waals surface area contributed by atoms with Crippen molar-refractivity contribution < 1.29 is 19.2 Å². The summed E-state index contributed by atoms with van der Waals surface area (Å²) in [6.07, 6.45) is 2.55. The predicted octanol–water partition coefficient (Wildman–Crippen LogP) is 4.03. The number of anilines is 1. The molecule has 1 aliphatic heterocycles. The van der Waals surface area contributed by atoms with Gasteiger partial charge in [-0.1, -0.05) is 31.2 Å². The van der Waals surface area contributed by atoms with Crippen molar-refractivity contribution in [2.24, 2.45) is 0 Å². The van der Waals surface area contributed by atoms with Crippen LogP contribution in [0.3, 0.4) is 0 Å². The van der Waals surface area contributed by atoms with E-state index in [0.29, 0.717) is 11.4 Å². The number of rotatable bonds is 5. The van der Waals surface area contributed by atoms with E-state index in [9.17, 15) is 19.7 Å². The third kappa shape index (κ3) is 3.80. The van der Waals surface area contributed by atoms with E-state index in [-0.39, 0.29) is 16.8 Å². The first-order chi connectivity index (χ1) is 13.9. The molecule has 7 heteroatoms. The lowest BCUT2D eigenvalue weighted by atomic mass is 10.0. The Morgan fingerprint density at radius 2 is 1.76 bits per heavy atom. The van der Waals surface area contributed by atoms with Gasteiger partial charge in [0.15, 0.2) is 0 Å². The van der Waals surface area contributed by atoms with Crippen molar-refractivity contribution in [2.75, 3.05) is 12.0 Å². The van der Waals surface area contributed by atoms with E-state index in [2.05, 4.69) is 6.92 Å². The molecule has 1 aliphatic rings. The molecule has 2 aromatic carbocycles. The third-order valence-electron chi connectivity index (χ3n) is 4.81. The molecule has 0 bridgehead atoms. The molecule has 0 fully saturated rings. The van der Waals surface area contributed by atoms with Crippen LogP contribution in [0.5, 0.6) is 0 Å². The molecule has 1 amide bonds. The fraction of sp³-hybridized carbons (Fsp3) is 0.182. The second-order valence-electron chi connectivity index (χ2n) is 6.52. The number of allylic oxidation sites excluding steroid dienone is 1. The van der Waals surface area contributed by atoms with Crippen molar-refractivity contribution in [1.82, 2.24) is 0 Å². The molecule has 3 rings (SSSR count). The lowest BCUT2D eigenvalue weighted by Gasteiger charge is -2.17. The summed E-state index contributed by atoms with van der Waals surface area (Å²) in [5.74, 6) is -1.01. The minimum atomic E-state index is -0.614. The summed E-state index contributed by atoms with van der Waals surface area (Å²) < 4.78 is 4.89. The zero-order chi connectivity index (χ0) is 21.1. The van der Waals surface area contributed by atoms with Gasteiger partial charge in [0.05, 0.1) is 23.2 Å². The number of nitrogens with zero attached hydrogens (tertiary/aromatic N) is 2. The standard InChI is InChI=1S/C22H20N2O5/c1-4-15-5-7-16(8-6-15)13-19-20(22(26)29-3)14(2)23(21(19)25)17-9-11-18(12-10-17)24(27)28/h5-13H,4H2,1-3H3. The molecule has 0 radical (unpaired) electrons. The van der Waals surface area contributed by atoms with E-state index in [1.54, 1.807) is 13.0 Å². The van der Waals surface area contributed by atoms with Crippen LogP contribution in [-0.2, 0) is 20.7 Å². The molecule has 0 unspecified atom stereocenters. The Morgan fingerprint density at radius 1 is 1.14 bits per heavy atom. The molecule has 1 heterocycles. The minimum absolute atomic E-state index is 0.0815. The highest BCUT2D eigenvalue weighted by Gasteiger charge is 2.38. The van der Waals surface area contributed by atoms with Crippen LogP contribution in [0.25, 0.3) is 6.08 Å². The zero-order valence-electron chi connectivity index (χ0n) is 16.3. The van der Waals surface area contributed by atoms with Crippen LogP contribution in [0.4, 0.5) is 11.4 Å². The van der Waals surface area contributed by atoms with Crippen LogP contribution < -0.4 is 4.90 Å². The van der Waals surface area contributed by atoms with Gasteiger partial charge in [0.2, 0.25) is 0 Å². The number of hydrogen-bond acceptors (Lipinski definition) is 5. The number of esters is 1. The summed E-state index contributed by atoms with van der Waals surface area (Å²) in [6, 6.07) is 13.3. The SMILES string of the molecule is CCc1ccc(C=C2C(=O)N(c3ccc([N+](=O)[O-])cc3)C(C)=C2C(=O)OC)cc1. The van der Waals surface area contributed by atoms with Gasteiger partial charge < -0.3 is 4.74 Å². The number of carbonyl (C=O) groups excluding carboxylic acids is 2. The van der Waals surface area contributed by atoms with Crippen molar-refractivity contribution >= 4 is 29.3 Å². The molecule has 0 spiro atoms. The molecule has 2 aromatic rings. The number of ether oxygens (including phenoxy) is 1. The lowest BCUT2D eigenvalue weighted by Crippen LogP contribution is -2.24. The van der Waals surface area contributed by atoms with Gasteiger partial charge in [-0.3, -0.25) is 19.8 Å². The molecular weight excluding hydrogens is 372 g/mol. The van der Waals surface area contributed by atoms with E-state index in [1.165, 1.54) is 36.3 Å². The predicted molar refractivity (Wildman–Crippen MR) is 109 cm³/mol. The molecule has 29 heavy (non-hydrogen) atoms. The van der Waals surface area contributed by atoms with Gasteiger partial charge in [-0.2, -0.15) is 0 Å². The van der Waals surface area contributed by atoms with Crippen LogP contribution >= 0.6 is 0 Å². The highest BCUT2D eigenvalue weighted by atomic mass is 16.6. The van der Waals surface area contributed by atoms with Gasteiger partial charge >= 0.3 is 5.97 Å². The molecule has 0 N–H and O–H groups in total. The minimum Gasteiger partial charge on any atom is -0.465 e. The van der Waals surface area contributed by atoms with Crippen molar-refractivity contribution in [2.45, 2.75) is 20.3 Å². The van der Waals surface area contributed by atoms with E-state index < -0.39 is 16.8 Å². The number of carbonyl (C=O) groups is 2. The second kappa shape index (κ2) is 8.10. The summed E-state index contributed by atoms with van der Waals surface area (Å²) >= 11 is 0. The summed E-state index contributed by atoms with van der Waals surface area (Å²) in [4.78, 5) is 37.3. The van der Waals surface area contributed by atoms with Crippen LogP contribution in [0, 0.1) is 10.1 Å². The zero-order valence-corrected chi connectivity index (χ0v) is 16.3. The Hall–Kier alpha value is -3.74. The van der Waals surface area contributed by atoms with E-state index >= 15 is 0 Å². The Balaban J connectivity index is 2.07. The smallest absolute Gasteiger partial charge is 0.340 e. The summed E-state index contributed by atoms with van der Waals surface area (Å²) in [6.45, 7) is 3.70. The maximum absolute atomic E-state index is 13.2. The number of hydrogen-bond donors (Lipinski definition) is 0. The monoisotopic (exact) mass is 392 g/mol. The third-order valence-corrected chi connectivity index (χ3v) is 4.81. The highest BCUT2D eigenvalue weighted by Crippen LogP contribution is 2.36. The molecule has 0 atom stereocenters. The number of aryl methyl sites for hydroxylation is 1.